The molecule has 0 saturated heterocycles. The minimum absolute atomic E-state index is 0.252. The molecule has 1 aromatic carbocycles. The van der Waals surface area contributed by atoms with Crippen molar-refractivity contribution in [1.82, 2.24) is 5.32 Å². The van der Waals surface area contributed by atoms with Crippen LogP contribution < -0.4 is 5.32 Å². The van der Waals surface area contributed by atoms with Gasteiger partial charge in [-0.05, 0) is 53.4 Å². The zero-order valence-corrected chi connectivity index (χ0v) is 13.4. The molecular weight excluding hydrogens is 310 g/mol. The number of halogens is 2. The topological polar surface area (TPSA) is 12.0 Å². The lowest BCUT2D eigenvalue weighted by Gasteiger charge is -2.21. The van der Waals surface area contributed by atoms with Gasteiger partial charge in [0.05, 0.1) is 5.02 Å². The summed E-state index contributed by atoms with van der Waals surface area (Å²) >= 11 is 9.86. The second-order valence-corrected chi connectivity index (χ2v) is 5.69. The Kier molecular flexibility index (Phi) is 6.98. The smallest absolute Gasteiger partial charge is 0.0595 e. The highest BCUT2D eigenvalue weighted by molar-refractivity contribution is 9.10. The van der Waals surface area contributed by atoms with Crippen LogP contribution in [0.25, 0.3) is 0 Å². The van der Waals surface area contributed by atoms with E-state index in [-0.39, 0.29) is 6.04 Å². The van der Waals surface area contributed by atoms with Crippen LogP contribution in [-0.4, -0.2) is 6.54 Å². The van der Waals surface area contributed by atoms with Crippen molar-refractivity contribution >= 4 is 27.5 Å². The first-order valence-corrected chi connectivity index (χ1v) is 7.61. The van der Waals surface area contributed by atoms with Crippen molar-refractivity contribution in [3.8, 4) is 0 Å². The zero-order chi connectivity index (χ0) is 13.5. The SMILES string of the molecule is C=C(CC)CC(NCCC)c1cccc(Br)c1Cl. The predicted octanol–water partition coefficient (Wildman–Crippen LogP) is 5.50. The van der Waals surface area contributed by atoms with Crippen LogP contribution >= 0.6 is 27.5 Å². The molecule has 1 N–H and O–H groups in total. The molecule has 0 heterocycles. The average Bonchev–Trinajstić information content (AvgIpc) is 2.37. The van der Waals surface area contributed by atoms with Gasteiger partial charge in [0.25, 0.3) is 0 Å². The van der Waals surface area contributed by atoms with Crippen molar-refractivity contribution in [2.45, 2.75) is 39.2 Å². The highest BCUT2D eigenvalue weighted by atomic mass is 79.9. The molecule has 1 unspecified atom stereocenters. The molecule has 3 heteroatoms. The molecule has 0 spiro atoms. The van der Waals surface area contributed by atoms with Crippen LogP contribution in [0.5, 0.6) is 0 Å². The van der Waals surface area contributed by atoms with Crippen LogP contribution in [0.4, 0.5) is 0 Å². The molecule has 1 rings (SSSR count). The van der Waals surface area contributed by atoms with Crippen LogP contribution in [0.1, 0.15) is 44.7 Å². The summed E-state index contributed by atoms with van der Waals surface area (Å²) < 4.78 is 0.951. The van der Waals surface area contributed by atoms with Gasteiger partial charge in [-0.3, -0.25) is 0 Å². The second kappa shape index (κ2) is 7.98. The lowest BCUT2D eigenvalue weighted by Crippen LogP contribution is -2.23. The summed E-state index contributed by atoms with van der Waals surface area (Å²) in [5.74, 6) is 0. The van der Waals surface area contributed by atoms with E-state index in [9.17, 15) is 0 Å². The fourth-order valence-corrected chi connectivity index (χ4v) is 2.47. The quantitative estimate of drug-likeness (QED) is 0.651. The Morgan fingerprint density at radius 2 is 2.17 bits per heavy atom. The number of hydrogen-bond donors (Lipinski definition) is 1. The standard InChI is InChI=1S/C15H21BrClN/c1-4-9-18-14(10-11(3)5-2)12-7-6-8-13(16)15(12)17/h6-8,14,18H,3-5,9-10H2,1-2H3. The number of benzene rings is 1. The molecule has 18 heavy (non-hydrogen) atoms. The second-order valence-electron chi connectivity index (χ2n) is 4.46. The van der Waals surface area contributed by atoms with E-state index in [0.717, 1.165) is 40.9 Å². The summed E-state index contributed by atoms with van der Waals surface area (Å²) in [4.78, 5) is 0. The molecule has 0 aliphatic heterocycles. The Morgan fingerprint density at radius 1 is 1.44 bits per heavy atom. The van der Waals surface area contributed by atoms with Crippen LogP contribution in [-0.2, 0) is 0 Å². The van der Waals surface area contributed by atoms with Crippen molar-refractivity contribution < 1.29 is 0 Å². The van der Waals surface area contributed by atoms with E-state index in [2.05, 4.69) is 47.7 Å². The third-order valence-corrected chi connectivity index (χ3v) is 4.30. The first kappa shape index (κ1) is 15.7. The lowest BCUT2D eigenvalue weighted by atomic mass is 9.98. The van der Waals surface area contributed by atoms with Gasteiger partial charge in [0.1, 0.15) is 0 Å². The third-order valence-electron chi connectivity index (χ3n) is 2.99. The van der Waals surface area contributed by atoms with Gasteiger partial charge in [-0.25, -0.2) is 0 Å². The van der Waals surface area contributed by atoms with Crippen molar-refractivity contribution in [2.75, 3.05) is 6.54 Å². The first-order valence-electron chi connectivity index (χ1n) is 6.44. The minimum atomic E-state index is 0.252. The fraction of sp³-hybridized carbons (Fsp3) is 0.467. The monoisotopic (exact) mass is 329 g/mol. The Hall–Kier alpha value is -0.310. The molecule has 0 aromatic heterocycles. The van der Waals surface area contributed by atoms with E-state index in [0.29, 0.717) is 0 Å². The maximum absolute atomic E-state index is 6.38. The molecule has 1 nitrogen and oxygen atoms in total. The maximum Gasteiger partial charge on any atom is 0.0595 e. The average molecular weight is 331 g/mol. The van der Waals surface area contributed by atoms with E-state index in [1.807, 2.05) is 12.1 Å². The van der Waals surface area contributed by atoms with Crippen molar-refractivity contribution in [3.05, 3.63) is 45.4 Å². The number of nitrogens with one attached hydrogen (secondary N) is 1. The van der Waals surface area contributed by atoms with Crippen LogP contribution in [0.2, 0.25) is 5.02 Å². The van der Waals surface area contributed by atoms with Gasteiger partial charge in [0.2, 0.25) is 0 Å². The molecule has 0 aliphatic carbocycles. The van der Waals surface area contributed by atoms with Crippen molar-refractivity contribution in [1.29, 1.82) is 0 Å². The van der Waals surface area contributed by atoms with E-state index in [1.54, 1.807) is 0 Å². The molecule has 0 amide bonds. The van der Waals surface area contributed by atoms with Gasteiger partial charge in [-0.15, -0.1) is 0 Å². The fourth-order valence-electron chi connectivity index (χ4n) is 1.83. The highest BCUT2D eigenvalue weighted by Crippen LogP contribution is 2.33. The maximum atomic E-state index is 6.38. The molecule has 100 valence electrons. The van der Waals surface area contributed by atoms with E-state index in [1.165, 1.54) is 5.57 Å². The van der Waals surface area contributed by atoms with Crippen molar-refractivity contribution in [3.63, 3.8) is 0 Å². The first-order chi connectivity index (χ1) is 8.60. The number of rotatable bonds is 7. The molecular formula is C15H21BrClN. The van der Waals surface area contributed by atoms with Gasteiger partial charge < -0.3 is 5.32 Å². The number of hydrogen-bond acceptors (Lipinski definition) is 1. The zero-order valence-electron chi connectivity index (χ0n) is 11.1. The summed E-state index contributed by atoms with van der Waals surface area (Å²) in [6.45, 7) is 9.40. The summed E-state index contributed by atoms with van der Waals surface area (Å²) in [6, 6.07) is 6.34. The molecule has 0 radical (unpaired) electrons. The van der Waals surface area contributed by atoms with Gasteiger partial charge in [0, 0.05) is 10.5 Å². The summed E-state index contributed by atoms with van der Waals surface area (Å²) in [6.07, 6.45) is 3.06. The van der Waals surface area contributed by atoms with E-state index >= 15 is 0 Å². The molecule has 0 saturated carbocycles. The summed E-state index contributed by atoms with van der Waals surface area (Å²) in [5, 5.41) is 4.35. The Morgan fingerprint density at radius 3 is 2.78 bits per heavy atom. The normalized spacial score (nSPS) is 12.4. The van der Waals surface area contributed by atoms with Gasteiger partial charge >= 0.3 is 0 Å². The third kappa shape index (κ3) is 4.42. The van der Waals surface area contributed by atoms with E-state index in [4.69, 9.17) is 11.6 Å². The summed E-state index contributed by atoms with van der Waals surface area (Å²) in [7, 11) is 0. The molecule has 1 atom stereocenters. The minimum Gasteiger partial charge on any atom is -0.310 e. The van der Waals surface area contributed by atoms with Gasteiger partial charge in [-0.1, -0.05) is 49.7 Å². The molecule has 0 bridgehead atoms. The van der Waals surface area contributed by atoms with Gasteiger partial charge in [0.15, 0.2) is 0 Å². The van der Waals surface area contributed by atoms with E-state index < -0.39 is 0 Å². The molecule has 0 fully saturated rings. The predicted molar refractivity (Wildman–Crippen MR) is 84.2 cm³/mol. The van der Waals surface area contributed by atoms with Crippen LogP contribution in [0.15, 0.2) is 34.8 Å². The Bertz CT molecular complexity index is 403. The molecule has 1 aromatic rings. The van der Waals surface area contributed by atoms with Crippen LogP contribution in [0, 0.1) is 0 Å². The molecule has 0 aliphatic rings. The van der Waals surface area contributed by atoms with Crippen LogP contribution in [0.3, 0.4) is 0 Å². The Labute approximate surface area is 124 Å². The van der Waals surface area contributed by atoms with Gasteiger partial charge in [-0.2, -0.15) is 0 Å². The summed E-state index contributed by atoms with van der Waals surface area (Å²) in [5.41, 5.74) is 2.40. The highest BCUT2D eigenvalue weighted by Gasteiger charge is 2.16. The largest absolute Gasteiger partial charge is 0.310 e. The lowest BCUT2D eigenvalue weighted by molar-refractivity contribution is 0.523. The van der Waals surface area contributed by atoms with Crippen molar-refractivity contribution in [2.24, 2.45) is 0 Å². The Balaban J connectivity index is 2.93.